The van der Waals surface area contributed by atoms with Gasteiger partial charge in [0.15, 0.2) is 10.3 Å². The number of carbonyl (C=O) groups excluding carboxylic acids is 1. The van der Waals surface area contributed by atoms with Gasteiger partial charge in [-0.1, -0.05) is 22.7 Å². The molecule has 2 heterocycles. The molecule has 168 valence electrons. The van der Waals surface area contributed by atoms with Gasteiger partial charge in [0.2, 0.25) is 0 Å². The second-order valence-corrected chi connectivity index (χ2v) is 8.03. The summed E-state index contributed by atoms with van der Waals surface area (Å²) < 4.78 is 82.4. The lowest BCUT2D eigenvalue weighted by molar-refractivity contribution is -0.275. The van der Waals surface area contributed by atoms with E-state index in [9.17, 15) is 31.1 Å². The number of fused-ring (bicyclic) bond motifs is 2. The quantitative estimate of drug-likeness (QED) is 0.323. The van der Waals surface area contributed by atoms with Gasteiger partial charge in [0.1, 0.15) is 11.5 Å². The highest BCUT2D eigenvalue weighted by Crippen LogP contribution is 2.33. The maximum Gasteiger partial charge on any atom is 0.573 e. The van der Waals surface area contributed by atoms with Crippen molar-refractivity contribution in [2.75, 3.05) is 10.6 Å². The van der Waals surface area contributed by atoms with Crippen LogP contribution in [0.3, 0.4) is 0 Å². The van der Waals surface area contributed by atoms with Crippen LogP contribution >= 0.6 is 22.7 Å². The number of aromatic nitrogens is 2. The number of ether oxygens (including phenoxy) is 2. The Labute approximate surface area is 181 Å². The van der Waals surface area contributed by atoms with Gasteiger partial charge in [0.05, 0.1) is 20.4 Å². The fourth-order valence-corrected chi connectivity index (χ4v) is 4.32. The zero-order chi connectivity index (χ0) is 23.1. The molecule has 0 spiro atoms. The van der Waals surface area contributed by atoms with E-state index in [1.165, 1.54) is 12.1 Å². The van der Waals surface area contributed by atoms with Crippen LogP contribution < -0.4 is 20.1 Å². The first-order chi connectivity index (χ1) is 14.9. The molecule has 2 aromatic carbocycles. The Morgan fingerprint density at radius 3 is 1.53 bits per heavy atom. The molecular weight excluding hydrogens is 486 g/mol. The Bertz CT molecular complexity index is 1200. The molecule has 0 aliphatic carbocycles. The van der Waals surface area contributed by atoms with Crippen molar-refractivity contribution in [3.8, 4) is 11.5 Å². The van der Waals surface area contributed by atoms with E-state index in [2.05, 4.69) is 30.1 Å². The molecule has 32 heavy (non-hydrogen) atoms. The van der Waals surface area contributed by atoms with Crippen molar-refractivity contribution in [2.24, 2.45) is 0 Å². The summed E-state index contributed by atoms with van der Waals surface area (Å²) in [5.41, 5.74) is 0.689. The van der Waals surface area contributed by atoms with Crippen LogP contribution in [0.15, 0.2) is 36.4 Å². The second-order valence-electron chi connectivity index (χ2n) is 5.97. The van der Waals surface area contributed by atoms with E-state index in [-0.39, 0.29) is 10.3 Å². The summed E-state index contributed by atoms with van der Waals surface area (Å²) in [5, 5.41) is 5.04. The Balaban J connectivity index is 1.45. The average molecular weight is 494 g/mol. The molecule has 0 unspecified atom stereocenters. The van der Waals surface area contributed by atoms with E-state index in [0.717, 1.165) is 46.9 Å². The largest absolute Gasteiger partial charge is 0.573 e. The number of urea groups is 1. The monoisotopic (exact) mass is 494 g/mol. The Morgan fingerprint density at radius 2 is 1.16 bits per heavy atom. The fraction of sp³-hybridized carbons (Fsp3) is 0.118. The van der Waals surface area contributed by atoms with E-state index in [1.807, 2.05) is 0 Å². The summed E-state index contributed by atoms with van der Waals surface area (Å²) >= 11 is 1.84. The smallest absolute Gasteiger partial charge is 0.406 e. The minimum absolute atomic E-state index is 0.101. The second kappa shape index (κ2) is 7.98. The van der Waals surface area contributed by atoms with Gasteiger partial charge in [-0.2, -0.15) is 0 Å². The van der Waals surface area contributed by atoms with Crippen molar-refractivity contribution < 1.29 is 40.6 Å². The maximum absolute atomic E-state index is 12.3. The first-order valence-corrected chi connectivity index (χ1v) is 9.97. The molecule has 0 aliphatic heterocycles. The molecule has 0 fully saturated rings. The lowest BCUT2D eigenvalue weighted by atomic mass is 10.3. The van der Waals surface area contributed by atoms with Crippen molar-refractivity contribution in [3.63, 3.8) is 0 Å². The van der Waals surface area contributed by atoms with E-state index >= 15 is 0 Å². The summed E-state index contributed by atoms with van der Waals surface area (Å²) in [5.74, 6) is -0.846. The molecule has 2 aromatic heterocycles. The number of rotatable bonds is 4. The number of anilines is 2. The molecule has 0 radical (unpaired) electrons. The zero-order valence-electron chi connectivity index (χ0n) is 15.2. The van der Waals surface area contributed by atoms with E-state index < -0.39 is 30.3 Å². The zero-order valence-corrected chi connectivity index (χ0v) is 16.8. The summed E-state index contributed by atoms with van der Waals surface area (Å²) in [6, 6.07) is 6.33. The number of amides is 2. The molecule has 0 saturated carbocycles. The van der Waals surface area contributed by atoms with Crippen molar-refractivity contribution in [3.05, 3.63) is 36.4 Å². The van der Waals surface area contributed by atoms with Gasteiger partial charge in [-0.25, -0.2) is 14.8 Å². The Kier molecular flexibility index (Phi) is 5.46. The number of hydrogen-bond donors (Lipinski definition) is 2. The number of alkyl halides is 6. The minimum Gasteiger partial charge on any atom is -0.406 e. The topological polar surface area (TPSA) is 85.4 Å². The van der Waals surface area contributed by atoms with Gasteiger partial charge in [0.25, 0.3) is 0 Å². The number of halogens is 6. The lowest BCUT2D eigenvalue weighted by Gasteiger charge is -2.07. The fourth-order valence-electron chi connectivity index (χ4n) is 2.54. The van der Waals surface area contributed by atoms with Crippen molar-refractivity contribution in [2.45, 2.75) is 12.7 Å². The van der Waals surface area contributed by atoms with Crippen LogP contribution in [-0.4, -0.2) is 28.7 Å². The van der Waals surface area contributed by atoms with Crippen LogP contribution in [0.4, 0.5) is 41.4 Å². The van der Waals surface area contributed by atoms with E-state index in [4.69, 9.17) is 0 Å². The lowest BCUT2D eigenvalue weighted by Crippen LogP contribution is -2.19. The third-order valence-corrected chi connectivity index (χ3v) is 5.50. The van der Waals surface area contributed by atoms with Gasteiger partial charge < -0.3 is 9.47 Å². The number of benzene rings is 2. The molecule has 0 saturated heterocycles. The molecule has 2 N–H and O–H groups in total. The highest BCUT2D eigenvalue weighted by Gasteiger charge is 2.32. The third kappa shape index (κ3) is 5.47. The number of thiazole rings is 2. The van der Waals surface area contributed by atoms with E-state index in [0.29, 0.717) is 20.4 Å². The standard InChI is InChI=1S/C17H8F6N4O3S2/c18-16(19,20)29-7-1-3-9-11(5-7)31-14(24-9)26-13(28)27-15-25-10-4-2-8(6-12(10)32-15)30-17(21,22)23/h1-6H,(H2,24,25,26,27,28). The Morgan fingerprint density at radius 1 is 0.750 bits per heavy atom. The average Bonchev–Trinajstić information content (AvgIpc) is 3.20. The van der Waals surface area contributed by atoms with Crippen LogP contribution in [0, 0.1) is 0 Å². The molecule has 4 rings (SSSR count). The summed E-state index contributed by atoms with van der Waals surface area (Å²) in [4.78, 5) is 20.4. The van der Waals surface area contributed by atoms with Crippen molar-refractivity contribution in [1.29, 1.82) is 0 Å². The van der Waals surface area contributed by atoms with Gasteiger partial charge in [-0.3, -0.25) is 10.6 Å². The van der Waals surface area contributed by atoms with Crippen molar-refractivity contribution in [1.82, 2.24) is 9.97 Å². The predicted molar refractivity (Wildman–Crippen MR) is 105 cm³/mol. The maximum atomic E-state index is 12.3. The van der Waals surface area contributed by atoms with Crippen molar-refractivity contribution >= 4 is 59.4 Å². The van der Waals surface area contributed by atoms with Crippen LogP contribution in [0.5, 0.6) is 11.5 Å². The number of hydrogen-bond acceptors (Lipinski definition) is 7. The first-order valence-electron chi connectivity index (χ1n) is 8.34. The van der Waals surface area contributed by atoms with Crippen LogP contribution in [0.25, 0.3) is 20.4 Å². The number of carbonyl (C=O) groups is 1. The normalized spacial score (nSPS) is 12.2. The van der Waals surface area contributed by atoms with Crippen LogP contribution in [0.1, 0.15) is 0 Å². The van der Waals surface area contributed by atoms with Gasteiger partial charge in [-0.15, -0.1) is 26.3 Å². The molecule has 7 nitrogen and oxygen atoms in total. The van der Waals surface area contributed by atoms with Crippen LogP contribution in [-0.2, 0) is 0 Å². The van der Waals surface area contributed by atoms with Gasteiger partial charge in [0, 0.05) is 12.1 Å². The third-order valence-electron chi connectivity index (χ3n) is 3.63. The highest BCUT2D eigenvalue weighted by molar-refractivity contribution is 7.23. The molecule has 15 heteroatoms. The Hall–Kier alpha value is -3.33. The van der Waals surface area contributed by atoms with Gasteiger partial charge in [-0.05, 0) is 24.3 Å². The number of nitrogens with one attached hydrogen (secondary N) is 2. The van der Waals surface area contributed by atoms with E-state index in [1.54, 1.807) is 0 Å². The van der Waals surface area contributed by atoms with Crippen LogP contribution in [0.2, 0.25) is 0 Å². The summed E-state index contributed by atoms with van der Waals surface area (Å²) in [6.07, 6.45) is -9.67. The summed E-state index contributed by atoms with van der Waals surface area (Å²) in [7, 11) is 0. The first kappa shape index (κ1) is 21.9. The minimum atomic E-state index is -4.84. The molecule has 4 aromatic rings. The number of nitrogens with zero attached hydrogens (tertiary/aromatic N) is 2. The molecular formula is C17H8F6N4O3S2. The predicted octanol–water partition coefficient (Wildman–Crippen LogP) is 6.35. The SMILES string of the molecule is O=C(Nc1nc2ccc(OC(F)(F)F)cc2s1)Nc1nc2ccc(OC(F)(F)F)cc2s1. The molecule has 2 amide bonds. The molecule has 0 aliphatic rings. The molecule has 0 bridgehead atoms. The molecule has 0 atom stereocenters. The summed E-state index contributed by atoms with van der Waals surface area (Å²) in [6.45, 7) is 0. The highest BCUT2D eigenvalue weighted by atomic mass is 32.1. The van der Waals surface area contributed by atoms with Gasteiger partial charge >= 0.3 is 18.8 Å².